The summed E-state index contributed by atoms with van der Waals surface area (Å²) in [6.07, 6.45) is 0. The van der Waals surface area contributed by atoms with Crippen LogP contribution in [0.15, 0.2) is 12.1 Å². The van der Waals surface area contributed by atoms with E-state index in [2.05, 4.69) is 10.2 Å². The molecule has 2 aromatic rings. The van der Waals surface area contributed by atoms with Gasteiger partial charge in [-0.05, 0) is 45.1 Å². The van der Waals surface area contributed by atoms with E-state index in [1.807, 2.05) is 20.8 Å². The van der Waals surface area contributed by atoms with Crippen molar-refractivity contribution < 1.29 is 13.2 Å². The number of halogens is 3. The second-order valence-corrected chi connectivity index (χ2v) is 5.47. The Hall–Kier alpha value is -1.63. The lowest BCUT2D eigenvalue weighted by atomic mass is 10.1. The Kier molecular flexibility index (Phi) is 3.25. The van der Waals surface area contributed by atoms with E-state index >= 15 is 0 Å². The van der Waals surface area contributed by atoms with Crippen LogP contribution in [-0.4, -0.2) is 14.8 Å². The summed E-state index contributed by atoms with van der Waals surface area (Å²) >= 11 is 5.08. The van der Waals surface area contributed by atoms with E-state index in [9.17, 15) is 13.2 Å². The predicted molar refractivity (Wildman–Crippen MR) is 67.7 cm³/mol. The van der Waals surface area contributed by atoms with Gasteiger partial charge in [0, 0.05) is 5.54 Å². The van der Waals surface area contributed by atoms with Crippen molar-refractivity contribution in [3.63, 3.8) is 0 Å². The maximum Gasteiger partial charge on any atom is 0.195 e. The van der Waals surface area contributed by atoms with Crippen LogP contribution in [0, 0.1) is 22.2 Å². The first-order valence-corrected chi connectivity index (χ1v) is 5.96. The van der Waals surface area contributed by atoms with Crippen molar-refractivity contribution in [3.05, 3.63) is 34.4 Å². The summed E-state index contributed by atoms with van der Waals surface area (Å²) in [5, 5.41) is 6.44. The predicted octanol–water partition coefficient (Wildman–Crippen LogP) is 3.78. The molecule has 0 saturated carbocycles. The minimum absolute atomic E-state index is 0.133. The van der Waals surface area contributed by atoms with Gasteiger partial charge in [0.25, 0.3) is 0 Å². The van der Waals surface area contributed by atoms with Crippen LogP contribution in [0.3, 0.4) is 0 Å². The van der Waals surface area contributed by atoms with Crippen LogP contribution in [0.2, 0.25) is 0 Å². The minimum atomic E-state index is -1.52. The number of hydrogen-bond acceptors (Lipinski definition) is 2. The molecule has 0 aliphatic carbocycles. The fourth-order valence-corrected chi connectivity index (χ4v) is 2.20. The Morgan fingerprint density at radius 3 is 2.37 bits per heavy atom. The van der Waals surface area contributed by atoms with Crippen molar-refractivity contribution in [2.24, 2.45) is 0 Å². The number of hydrogen-bond donors (Lipinski definition) is 1. The first kappa shape index (κ1) is 13.8. The zero-order valence-electron chi connectivity index (χ0n) is 10.6. The number of H-pyrrole nitrogens is 1. The van der Waals surface area contributed by atoms with Gasteiger partial charge in [-0.2, -0.15) is 5.10 Å². The van der Waals surface area contributed by atoms with Crippen LogP contribution in [0.4, 0.5) is 13.2 Å². The molecule has 0 bridgehead atoms. The first-order chi connectivity index (χ1) is 8.73. The molecule has 0 unspecified atom stereocenters. The number of nitrogens with one attached hydrogen (secondary N) is 1. The smallest absolute Gasteiger partial charge is 0.195 e. The summed E-state index contributed by atoms with van der Waals surface area (Å²) in [6.45, 7) is 5.54. The Balaban J connectivity index is 2.75. The van der Waals surface area contributed by atoms with Crippen molar-refractivity contribution in [1.82, 2.24) is 14.8 Å². The normalized spacial score (nSPS) is 11.9. The molecule has 3 nitrogen and oxygen atoms in total. The van der Waals surface area contributed by atoms with Gasteiger partial charge in [0.05, 0.1) is 5.56 Å². The van der Waals surface area contributed by atoms with Crippen LogP contribution in [-0.2, 0) is 5.54 Å². The van der Waals surface area contributed by atoms with Gasteiger partial charge in [-0.3, -0.25) is 9.67 Å². The van der Waals surface area contributed by atoms with Gasteiger partial charge in [-0.1, -0.05) is 0 Å². The van der Waals surface area contributed by atoms with E-state index in [1.54, 1.807) is 4.57 Å². The van der Waals surface area contributed by atoms with E-state index in [-0.39, 0.29) is 16.2 Å². The molecule has 0 radical (unpaired) electrons. The van der Waals surface area contributed by atoms with E-state index in [0.717, 1.165) is 12.1 Å². The lowest BCUT2D eigenvalue weighted by Crippen LogP contribution is -2.23. The van der Waals surface area contributed by atoms with Gasteiger partial charge in [-0.15, -0.1) is 0 Å². The van der Waals surface area contributed by atoms with Crippen molar-refractivity contribution in [1.29, 1.82) is 0 Å². The maximum atomic E-state index is 13.8. The molecule has 0 aliphatic rings. The molecule has 7 heteroatoms. The largest absolute Gasteiger partial charge is 0.295 e. The zero-order valence-corrected chi connectivity index (χ0v) is 11.4. The Morgan fingerprint density at radius 2 is 1.79 bits per heavy atom. The monoisotopic (exact) mass is 287 g/mol. The zero-order chi connectivity index (χ0) is 14.4. The third-order valence-electron chi connectivity index (χ3n) is 2.62. The van der Waals surface area contributed by atoms with Crippen molar-refractivity contribution >= 4 is 12.2 Å². The molecule has 0 atom stereocenters. The maximum absolute atomic E-state index is 13.8. The highest BCUT2D eigenvalue weighted by atomic mass is 32.1. The molecular formula is C12H12F3N3S. The molecular weight excluding hydrogens is 275 g/mol. The van der Waals surface area contributed by atoms with Gasteiger partial charge >= 0.3 is 0 Å². The van der Waals surface area contributed by atoms with Gasteiger partial charge in [0.1, 0.15) is 0 Å². The fraction of sp³-hybridized carbons (Fsp3) is 0.333. The molecule has 1 aromatic carbocycles. The van der Waals surface area contributed by atoms with Crippen molar-refractivity contribution in [2.45, 2.75) is 26.3 Å². The summed E-state index contributed by atoms with van der Waals surface area (Å²) in [7, 11) is 0. The summed E-state index contributed by atoms with van der Waals surface area (Å²) in [4.78, 5) is 0. The van der Waals surface area contributed by atoms with Gasteiger partial charge in [0.15, 0.2) is 28.0 Å². The molecule has 1 aromatic heterocycles. The van der Waals surface area contributed by atoms with Gasteiger partial charge in [-0.25, -0.2) is 13.2 Å². The number of nitrogens with zero attached hydrogens (tertiary/aromatic N) is 2. The van der Waals surface area contributed by atoms with Crippen molar-refractivity contribution in [2.75, 3.05) is 0 Å². The SMILES string of the molecule is CC(C)(C)n1c(-c2ccc(F)c(F)c2F)n[nH]c1=S. The Bertz CT molecular complexity index is 683. The average Bonchev–Trinajstić information content (AvgIpc) is 2.68. The minimum Gasteiger partial charge on any atom is -0.295 e. The van der Waals surface area contributed by atoms with Crippen LogP contribution in [0.5, 0.6) is 0 Å². The molecule has 1 N–H and O–H groups in total. The average molecular weight is 287 g/mol. The van der Waals surface area contributed by atoms with E-state index in [1.165, 1.54) is 0 Å². The molecule has 0 aliphatic heterocycles. The lowest BCUT2D eigenvalue weighted by molar-refractivity contribution is 0.393. The Morgan fingerprint density at radius 1 is 1.16 bits per heavy atom. The summed E-state index contributed by atoms with van der Waals surface area (Å²) in [6, 6.07) is 2.00. The van der Waals surface area contributed by atoms with Crippen LogP contribution in [0.25, 0.3) is 11.4 Å². The number of aromatic nitrogens is 3. The highest BCUT2D eigenvalue weighted by molar-refractivity contribution is 7.71. The van der Waals surface area contributed by atoms with E-state index in [0.29, 0.717) is 0 Å². The molecule has 2 rings (SSSR count). The van der Waals surface area contributed by atoms with E-state index in [4.69, 9.17) is 12.2 Å². The van der Waals surface area contributed by atoms with Gasteiger partial charge in [0.2, 0.25) is 0 Å². The van der Waals surface area contributed by atoms with E-state index < -0.39 is 23.0 Å². The lowest BCUT2D eigenvalue weighted by Gasteiger charge is -2.22. The summed E-state index contributed by atoms with van der Waals surface area (Å²) < 4.78 is 41.9. The third-order valence-corrected chi connectivity index (χ3v) is 2.89. The summed E-state index contributed by atoms with van der Waals surface area (Å²) in [5.74, 6) is -3.90. The number of rotatable bonds is 1. The van der Waals surface area contributed by atoms with Crippen LogP contribution >= 0.6 is 12.2 Å². The standard InChI is InChI=1S/C12H12F3N3S/c1-12(2,3)18-10(16-17-11(18)19)6-4-5-7(13)9(15)8(6)14/h4-5H,1-3H3,(H,17,19). The highest BCUT2D eigenvalue weighted by Crippen LogP contribution is 2.28. The third kappa shape index (κ3) is 2.30. The summed E-state index contributed by atoms with van der Waals surface area (Å²) in [5.41, 5.74) is -0.613. The fourth-order valence-electron chi connectivity index (χ4n) is 1.80. The molecule has 19 heavy (non-hydrogen) atoms. The highest BCUT2D eigenvalue weighted by Gasteiger charge is 2.24. The quantitative estimate of drug-likeness (QED) is 0.639. The molecule has 102 valence electrons. The second-order valence-electron chi connectivity index (χ2n) is 5.08. The number of aromatic amines is 1. The molecule has 0 spiro atoms. The van der Waals surface area contributed by atoms with Crippen LogP contribution in [0.1, 0.15) is 20.8 Å². The Labute approximate surface area is 113 Å². The molecule has 0 amide bonds. The topological polar surface area (TPSA) is 33.6 Å². The molecule has 0 fully saturated rings. The second kappa shape index (κ2) is 4.48. The molecule has 0 saturated heterocycles. The first-order valence-electron chi connectivity index (χ1n) is 5.55. The van der Waals surface area contributed by atoms with Gasteiger partial charge < -0.3 is 0 Å². The number of benzene rings is 1. The molecule has 1 heterocycles. The van der Waals surface area contributed by atoms with Crippen molar-refractivity contribution in [3.8, 4) is 11.4 Å². The van der Waals surface area contributed by atoms with Crippen LogP contribution < -0.4 is 0 Å².